The highest BCUT2D eigenvalue weighted by Crippen LogP contribution is 2.18. The first-order valence-corrected chi connectivity index (χ1v) is 9.71. The lowest BCUT2D eigenvalue weighted by molar-refractivity contribution is -0.131. The Balaban J connectivity index is 1.61. The third-order valence-corrected chi connectivity index (χ3v) is 5.10. The van der Waals surface area contributed by atoms with Crippen LogP contribution in [0.2, 0.25) is 0 Å². The van der Waals surface area contributed by atoms with Gasteiger partial charge in [-0.05, 0) is 31.2 Å². The quantitative estimate of drug-likeness (QED) is 0.820. The van der Waals surface area contributed by atoms with E-state index in [1.165, 1.54) is 0 Å². The molecule has 0 saturated carbocycles. The number of hydrogen-bond donors (Lipinski definition) is 2. The van der Waals surface area contributed by atoms with Gasteiger partial charge in [0.25, 0.3) is 0 Å². The van der Waals surface area contributed by atoms with Crippen LogP contribution in [0.5, 0.6) is 0 Å². The molecule has 2 unspecified atom stereocenters. The maximum absolute atomic E-state index is 12.4. The first-order valence-electron chi connectivity index (χ1n) is 9.71. The Hall–Kier alpha value is -2.08. The zero-order valence-electron chi connectivity index (χ0n) is 15.3. The van der Waals surface area contributed by atoms with Crippen molar-refractivity contribution in [3.8, 4) is 0 Å². The van der Waals surface area contributed by atoms with Crippen LogP contribution in [0.4, 0.5) is 4.79 Å². The Morgan fingerprint density at radius 2 is 2.04 bits per heavy atom. The second-order valence-corrected chi connectivity index (χ2v) is 7.10. The Labute approximate surface area is 155 Å². The second-order valence-electron chi connectivity index (χ2n) is 7.10. The molecule has 0 aliphatic carbocycles. The molecule has 6 nitrogen and oxygen atoms in total. The summed E-state index contributed by atoms with van der Waals surface area (Å²) >= 11 is 0. The van der Waals surface area contributed by atoms with Gasteiger partial charge in [0.2, 0.25) is 5.91 Å². The minimum atomic E-state index is -0.220. The van der Waals surface area contributed by atoms with Crippen LogP contribution in [-0.4, -0.2) is 49.2 Å². The normalized spacial score (nSPS) is 21.9. The van der Waals surface area contributed by atoms with Crippen LogP contribution in [0.3, 0.4) is 0 Å². The predicted molar refractivity (Wildman–Crippen MR) is 99.7 cm³/mol. The van der Waals surface area contributed by atoms with Crippen LogP contribution in [0.1, 0.15) is 50.1 Å². The molecule has 2 fully saturated rings. The molecule has 2 N–H and O–H groups in total. The number of rotatable bonds is 6. The van der Waals surface area contributed by atoms with Crippen molar-refractivity contribution in [3.05, 3.63) is 35.9 Å². The fourth-order valence-electron chi connectivity index (χ4n) is 3.59. The average Bonchev–Trinajstić information content (AvgIpc) is 3.10. The highest BCUT2D eigenvalue weighted by atomic mass is 16.5. The van der Waals surface area contributed by atoms with Crippen LogP contribution >= 0.6 is 0 Å². The first kappa shape index (κ1) is 18.7. The van der Waals surface area contributed by atoms with E-state index >= 15 is 0 Å². The Bertz CT molecular complexity index is 587. The summed E-state index contributed by atoms with van der Waals surface area (Å²) in [4.78, 5) is 26.6. The van der Waals surface area contributed by atoms with Crippen molar-refractivity contribution in [1.82, 2.24) is 15.5 Å². The van der Waals surface area contributed by atoms with Crippen molar-refractivity contribution >= 4 is 11.9 Å². The molecule has 6 heteroatoms. The third-order valence-electron chi connectivity index (χ3n) is 5.10. The Kier molecular flexibility index (Phi) is 6.89. The maximum Gasteiger partial charge on any atom is 0.315 e. The number of carbonyl (C=O) groups is 2. The van der Waals surface area contributed by atoms with Gasteiger partial charge in [0.1, 0.15) is 0 Å². The molecule has 2 saturated heterocycles. The average molecular weight is 359 g/mol. The molecule has 3 amide bonds. The standard InChI is InChI=1S/C20H29N3O3/c24-19-11-5-2-6-12-23(19)15-18(16-8-3-1-4-9-16)22-20(25)21-14-17-10-7-13-26-17/h1,3-4,8-9,17-18H,2,5-7,10-15H2,(H2,21,22,25). The van der Waals surface area contributed by atoms with E-state index in [4.69, 9.17) is 4.74 Å². The zero-order valence-corrected chi connectivity index (χ0v) is 15.3. The van der Waals surface area contributed by atoms with E-state index in [2.05, 4.69) is 10.6 Å². The van der Waals surface area contributed by atoms with Crippen LogP contribution < -0.4 is 10.6 Å². The van der Waals surface area contributed by atoms with Gasteiger partial charge in [-0.1, -0.05) is 36.8 Å². The van der Waals surface area contributed by atoms with E-state index in [9.17, 15) is 9.59 Å². The summed E-state index contributed by atoms with van der Waals surface area (Å²) in [6.45, 7) is 2.57. The number of likely N-dealkylation sites (tertiary alicyclic amines) is 1. The van der Waals surface area contributed by atoms with Gasteiger partial charge in [0.05, 0.1) is 12.1 Å². The van der Waals surface area contributed by atoms with Crippen LogP contribution in [0.25, 0.3) is 0 Å². The summed E-state index contributed by atoms with van der Waals surface area (Å²) in [5.74, 6) is 0.185. The molecule has 1 aromatic rings. The molecular formula is C20H29N3O3. The van der Waals surface area contributed by atoms with Crippen molar-refractivity contribution in [1.29, 1.82) is 0 Å². The fourth-order valence-corrected chi connectivity index (χ4v) is 3.59. The van der Waals surface area contributed by atoms with Gasteiger partial charge in [-0.25, -0.2) is 4.79 Å². The van der Waals surface area contributed by atoms with Gasteiger partial charge in [0.15, 0.2) is 0 Å². The predicted octanol–water partition coefficient (Wildman–Crippen LogP) is 2.61. The monoisotopic (exact) mass is 359 g/mol. The van der Waals surface area contributed by atoms with Crippen molar-refractivity contribution < 1.29 is 14.3 Å². The molecule has 1 aromatic carbocycles. The van der Waals surface area contributed by atoms with Crippen LogP contribution in [-0.2, 0) is 9.53 Å². The van der Waals surface area contributed by atoms with Gasteiger partial charge in [0, 0.05) is 32.7 Å². The molecule has 0 spiro atoms. The summed E-state index contributed by atoms with van der Waals surface area (Å²) in [6.07, 6.45) is 5.84. The molecule has 3 rings (SSSR count). The smallest absolute Gasteiger partial charge is 0.315 e. The number of benzene rings is 1. The van der Waals surface area contributed by atoms with Gasteiger partial charge >= 0.3 is 6.03 Å². The molecule has 2 atom stereocenters. The summed E-state index contributed by atoms with van der Waals surface area (Å²) in [5, 5.41) is 5.95. The zero-order chi connectivity index (χ0) is 18.2. The molecule has 0 radical (unpaired) electrons. The summed E-state index contributed by atoms with van der Waals surface area (Å²) in [6, 6.07) is 9.42. The molecule has 142 valence electrons. The van der Waals surface area contributed by atoms with E-state index < -0.39 is 0 Å². The number of nitrogens with zero attached hydrogens (tertiary/aromatic N) is 1. The largest absolute Gasteiger partial charge is 0.376 e. The minimum Gasteiger partial charge on any atom is -0.376 e. The van der Waals surface area contributed by atoms with Crippen molar-refractivity contribution in [3.63, 3.8) is 0 Å². The summed E-state index contributed by atoms with van der Waals surface area (Å²) in [7, 11) is 0. The highest BCUT2D eigenvalue weighted by molar-refractivity contribution is 5.77. The number of amides is 3. The van der Waals surface area contributed by atoms with Gasteiger partial charge in [-0.15, -0.1) is 0 Å². The lowest BCUT2D eigenvalue weighted by atomic mass is 10.1. The topological polar surface area (TPSA) is 70.7 Å². The highest BCUT2D eigenvalue weighted by Gasteiger charge is 2.23. The molecule has 0 bridgehead atoms. The van der Waals surface area contributed by atoms with Crippen molar-refractivity contribution in [2.45, 2.75) is 50.7 Å². The maximum atomic E-state index is 12.4. The van der Waals surface area contributed by atoms with Crippen molar-refractivity contribution in [2.24, 2.45) is 0 Å². The number of ether oxygens (including phenoxy) is 1. The van der Waals surface area contributed by atoms with Crippen molar-refractivity contribution in [2.75, 3.05) is 26.2 Å². The number of urea groups is 1. The van der Waals surface area contributed by atoms with E-state index in [-0.39, 0.29) is 24.1 Å². The van der Waals surface area contributed by atoms with E-state index in [1.54, 1.807) is 0 Å². The van der Waals surface area contributed by atoms with E-state index in [1.807, 2.05) is 35.2 Å². The first-order chi connectivity index (χ1) is 12.7. The number of hydrogen-bond acceptors (Lipinski definition) is 3. The van der Waals surface area contributed by atoms with E-state index in [0.717, 1.165) is 50.8 Å². The van der Waals surface area contributed by atoms with Gasteiger partial charge in [-0.3, -0.25) is 4.79 Å². The Morgan fingerprint density at radius 1 is 1.19 bits per heavy atom. The molecule has 2 heterocycles. The number of nitrogens with one attached hydrogen (secondary N) is 2. The molecule has 2 aliphatic heterocycles. The lowest BCUT2D eigenvalue weighted by Gasteiger charge is -2.28. The minimum absolute atomic E-state index is 0.114. The SMILES string of the molecule is O=C(NCC1CCCO1)NC(CN1CCCCCC1=O)c1ccccc1. The second kappa shape index (κ2) is 9.57. The third kappa shape index (κ3) is 5.46. The fraction of sp³-hybridized carbons (Fsp3) is 0.600. The lowest BCUT2D eigenvalue weighted by Crippen LogP contribution is -2.45. The summed E-state index contributed by atoms with van der Waals surface area (Å²) < 4.78 is 5.55. The number of carbonyl (C=O) groups excluding carboxylic acids is 2. The van der Waals surface area contributed by atoms with Gasteiger partial charge < -0.3 is 20.3 Å². The molecular weight excluding hydrogens is 330 g/mol. The Morgan fingerprint density at radius 3 is 2.81 bits per heavy atom. The molecule has 2 aliphatic rings. The van der Waals surface area contributed by atoms with E-state index in [0.29, 0.717) is 19.5 Å². The summed E-state index contributed by atoms with van der Waals surface area (Å²) in [5.41, 5.74) is 1.01. The van der Waals surface area contributed by atoms with Crippen LogP contribution in [0, 0.1) is 0 Å². The van der Waals surface area contributed by atoms with Gasteiger partial charge in [-0.2, -0.15) is 0 Å². The van der Waals surface area contributed by atoms with Crippen LogP contribution in [0.15, 0.2) is 30.3 Å². The molecule has 26 heavy (non-hydrogen) atoms. The molecule has 0 aromatic heterocycles.